The average Bonchev–Trinajstić information content (AvgIpc) is 2.48. The molecule has 0 aliphatic carbocycles. The fourth-order valence-corrected chi connectivity index (χ4v) is 3.43. The number of nitrogens with zero attached hydrogens (tertiary/aromatic N) is 2. The molecule has 1 atom stereocenters. The number of rotatable bonds is 4. The van der Waals surface area contributed by atoms with Crippen LogP contribution in [0.3, 0.4) is 0 Å². The number of nitrogens with one attached hydrogen (secondary N) is 1. The van der Waals surface area contributed by atoms with E-state index in [2.05, 4.69) is 31.1 Å². The number of carbonyl (C=O) groups excluding carboxylic acids is 1. The quantitative estimate of drug-likeness (QED) is 0.819. The molecule has 1 unspecified atom stereocenters. The molecular formula is C12H16BrN3O3S. The lowest BCUT2D eigenvalue weighted by molar-refractivity contribution is -0.141. The maximum atomic E-state index is 12.1. The summed E-state index contributed by atoms with van der Waals surface area (Å²) in [6.07, 6.45) is 3.82. The van der Waals surface area contributed by atoms with Crippen molar-refractivity contribution in [3.8, 4) is 0 Å². The Hall–Kier alpha value is -1.02. The van der Waals surface area contributed by atoms with Crippen molar-refractivity contribution >= 4 is 39.3 Å². The normalized spacial score (nSPS) is 18.6. The number of hydrogen-bond donors (Lipinski definition) is 1. The van der Waals surface area contributed by atoms with E-state index in [0.717, 1.165) is 16.9 Å². The van der Waals surface area contributed by atoms with Crippen molar-refractivity contribution in [2.45, 2.75) is 25.4 Å². The number of aromatic nitrogens is 2. The van der Waals surface area contributed by atoms with Crippen LogP contribution in [0.1, 0.15) is 12.8 Å². The van der Waals surface area contributed by atoms with Crippen molar-refractivity contribution in [3.05, 3.63) is 21.0 Å². The summed E-state index contributed by atoms with van der Waals surface area (Å²) in [6.45, 7) is -0.187. The highest BCUT2D eigenvalue weighted by Crippen LogP contribution is 2.23. The van der Waals surface area contributed by atoms with Crippen molar-refractivity contribution < 1.29 is 9.53 Å². The van der Waals surface area contributed by atoms with Crippen LogP contribution in [0.15, 0.2) is 15.5 Å². The van der Waals surface area contributed by atoms with Gasteiger partial charge in [-0.25, -0.2) is 4.68 Å². The van der Waals surface area contributed by atoms with Gasteiger partial charge in [0.25, 0.3) is 5.56 Å². The lowest BCUT2D eigenvalue weighted by Crippen LogP contribution is -2.31. The SMILES string of the molecule is COC(=O)Cn1ncc(NC2CCCSC2)c(Br)c1=O. The van der Waals surface area contributed by atoms with Gasteiger partial charge in [0.15, 0.2) is 0 Å². The number of carbonyl (C=O) groups is 1. The smallest absolute Gasteiger partial charge is 0.327 e. The van der Waals surface area contributed by atoms with Gasteiger partial charge >= 0.3 is 5.97 Å². The van der Waals surface area contributed by atoms with Gasteiger partial charge < -0.3 is 10.1 Å². The molecule has 0 saturated carbocycles. The van der Waals surface area contributed by atoms with Crippen LogP contribution in [0.2, 0.25) is 0 Å². The van der Waals surface area contributed by atoms with Crippen LogP contribution in [0.5, 0.6) is 0 Å². The second-order valence-electron chi connectivity index (χ2n) is 4.47. The molecule has 1 aromatic rings. The molecule has 1 fully saturated rings. The van der Waals surface area contributed by atoms with Gasteiger partial charge in [0.1, 0.15) is 11.0 Å². The molecule has 0 spiro atoms. The van der Waals surface area contributed by atoms with Crippen LogP contribution >= 0.6 is 27.7 Å². The lowest BCUT2D eigenvalue weighted by atomic mass is 10.2. The average molecular weight is 362 g/mol. The maximum absolute atomic E-state index is 12.1. The predicted molar refractivity (Wildman–Crippen MR) is 82.2 cm³/mol. The Morgan fingerprint density at radius 2 is 2.50 bits per heavy atom. The van der Waals surface area contributed by atoms with Crippen molar-refractivity contribution in [3.63, 3.8) is 0 Å². The van der Waals surface area contributed by atoms with Crippen molar-refractivity contribution in [2.75, 3.05) is 23.9 Å². The second kappa shape index (κ2) is 7.12. The van der Waals surface area contributed by atoms with Crippen LogP contribution in [0.4, 0.5) is 5.69 Å². The van der Waals surface area contributed by atoms with Crippen LogP contribution < -0.4 is 10.9 Å². The highest BCUT2D eigenvalue weighted by molar-refractivity contribution is 9.10. The monoisotopic (exact) mass is 361 g/mol. The zero-order valence-electron chi connectivity index (χ0n) is 11.1. The molecular weight excluding hydrogens is 346 g/mol. The van der Waals surface area contributed by atoms with E-state index in [-0.39, 0.29) is 12.1 Å². The zero-order valence-corrected chi connectivity index (χ0v) is 13.5. The molecule has 8 heteroatoms. The van der Waals surface area contributed by atoms with Crippen LogP contribution in [0, 0.1) is 0 Å². The molecule has 110 valence electrons. The molecule has 1 aliphatic rings. The third-order valence-electron chi connectivity index (χ3n) is 3.01. The fourth-order valence-electron chi connectivity index (χ4n) is 1.94. The van der Waals surface area contributed by atoms with Gasteiger partial charge in [-0.3, -0.25) is 9.59 Å². The van der Waals surface area contributed by atoms with Crippen molar-refractivity contribution in [2.24, 2.45) is 0 Å². The summed E-state index contributed by atoms with van der Waals surface area (Å²) in [6, 6.07) is 0.350. The molecule has 1 saturated heterocycles. The molecule has 1 N–H and O–H groups in total. The maximum Gasteiger partial charge on any atom is 0.327 e. The predicted octanol–water partition coefficient (Wildman–Crippen LogP) is 1.49. The molecule has 1 aromatic heterocycles. The van der Waals surface area contributed by atoms with Gasteiger partial charge in [0, 0.05) is 11.8 Å². The first kappa shape index (κ1) is 15.4. The van der Waals surface area contributed by atoms with Crippen LogP contribution in [-0.2, 0) is 16.1 Å². The summed E-state index contributed by atoms with van der Waals surface area (Å²) in [7, 11) is 1.28. The van der Waals surface area contributed by atoms with E-state index in [9.17, 15) is 9.59 Å². The summed E-state index contributed by atoms with van der Waals surface area (Å²) in [5.41, 5.74) is 0.326. The van der Waals surface area contributed by atoms with Crippen molar-refractivity contribution in [1.29, 1.82) is 0 Å². The Bertz CT molecular complexity index is 543. The van der Waals surface area contributed by atoms with Crippen molar-refractivity contribution in [1.82, 2.24) is 9.78 Å². The van der Waals surface area contributed by atoms with Gasteiger partial charge in [0.05, 0.1) is 19.0 Å². The molecule has 2 rings (SSSR count). The minimum Gasteiger partial charge on any atom is -0.468 e. The molecule has 0 radical (unpaired) electrons. The number of methoxy groups -OCH3 is 1. The first-order chi connectivity index (χ1) is 9.61. The largest absolute Gasteiger partial charge is 0.468 e. The Morgan fingerprint density at radius 1 is 1.70 bits per heavy atom. The lowest BCUT2D eigenvalue weighted by Gasteiger charge is -2.23. The molecule has 20 heavy (non-hydrogen) atoms. The van der Waals surface area contributed by atoms with Gasteiger partial charge in [0.2, 0.25) is 0 Å². The number of anilines is 1. The van der Waals surface area contributed by atoms with E-state index in [4.69, 9.17) is 0 Å². The molecule has 1 aliphatic heterocycles. The summed E-state index contributed by atoms with van der Waals surface area (Å²) in [5.74, 6) is 1.71. The minimum atomic E-state index is -0.504. The molecule has 0 bridgehead atoms. The Labute approximate surface area is 129 Å². The summed E-state index contributed by atoms with van der Waals surface area (Å²) >= 11 is 5.18. The first-order valence-electron chi connectivity index (χ1n) is 6.28. The molecule has 0 amide bonds. The van der Waals surface area contributed by atoms with Gasteiger partial charge in [-0.15, -0.1) is 0 Å². The minimum absolute atomic E-state index is 0.187. The number of halogens is 1. The Kier molecular flexibility index (Phi) is 5.47. The molecule has 2 heterocycles. The highest BCUT2D eigenvalue weighted by atomic mass is 79.9. The van der Waals surface area contributed by atoms with Gasteiger partial charge in [-0.1, -0.05) is 0 Å². The number of thioether (sulfide) groups is 1. The fraction of sp³-hybridized carbons (Fsp3) is 0.583. The summed E-state index contributed by atoms with van der Waals surface area (Å²) < 4.78 is 6.00. The molecule has 6 nitrogen and oxygen atoms in total. The van der Waals surface area contributed by atoms with Gasteiger partial charge in [-0.05, 0) is 34.5 Å². The Balaban J connectivity index is 2.13. The highest BCUT2D eigenvalue weighted by Gasteiger charge is 2.17. The zero-order chi connectivity index (χ0) is 14.5. The van der Waals surface area contributed by atoms with Crippen LogP contribution in [-0.4, -0.2) is 40.4 Å². The third-order valence-corrected chi connectivity index (χ3v) is 4.99. The first-order valence-corrected chi connectivity index (χ1v) is 8.23. The van der Waals surface area contributed by atoms with E-state index < -0.39 is 5.97 Å². The Morgan fingerprint density at radius 3 is 3.15 bits per heavy atom. The van der Waals surface area contributed by atoms with E-state index >= 15 is 0 Å². The third kappa shape index (κ3) is 3.76. The summed E-state index contributed by atoms with van der Waals surface area (Å²) in [5, 5.41) is 7.32. The van der Waals surface area contributed by atoms with E-state index in [0.29, 0.717) is 16.2 Å². The number of esters is 1. The van der Waals surface area contributed by atoms with E-state index in [1.807, 2.05) is 11.8 Å². The topological polar surface area (TPSA) is 73.2 Å². The van der Waals surface area contributed by atoms with E-state index in [1.54, 1.807) is 6.20 Å². The second-order valence-corrected chi connectivity index (χ2v) is 6.41. The molecule has 0 aromatic carbocycles. The number of hydrogen-bond acceptors (Lipinski definition) is 6. The van der Waals surface area contributed by atoms with Crippen LogP contribution in [0.25, 0.3) is 0 Å². The van der Waals surface area contributed by atoms with E-state index in [1.165, 1.54) is 19.3 Å². The number of ether oxygens (including phenoxy) is 1. The standard InChI is InChI=1S/C12H16BrN3O3S/c1-19-10(17)6-16-12(18)11(13)9(5-14-16)15-8-3-2-4-20-7-8/h5,8,15H,2-4,6-7H2,1H3. The van der Waals surface area contributed by atoms with Gasteiger partial charge in [-0.2, -0.15) is 16.9 Å². The summed E-state index contributed by atoms with van der Waals surface area (Å²) in [4.78, 5) is 23.3.